The van der Waals surface area contributed by atoms with Gasteiger partial charge in [0, 0.05) is 24.1 Å². The Morgan fingerprint density at radius 3 is 2.12 bits per heavy atom. The number of alkyl carbamates (subject to hydrolysis) is 1. The molecule has 0 radical (unpaired) electrons. The molecule has 1 aromatic rings. The van der Waals surface area contributed by atoms with Gasteiger partial charge in [-0.1, -0.05) is 0 Å². The highest BCUT2D eigenvalue weighted by atomic mass is 19.1. The summed E-state index contributed by atoms with van der Waals surface area (Å²) in [5.41, 5.74) is -1.16. The number of hydrogen-bond donors (Lipinski definition) is 1. The van der Waals surface area contributed by atoms with Gasteiger partial charge in [0.15, 0.2) is 0 Å². The molecule has 134 valence electrons. The van der Waals surface area contributed by atoms with Gasteiger partial charge in [0.1, 0.15) is 29.0 Å². The largest absolute Gasteiger partial charge is 0.497 e. The van der Waals surface area contributed by atoms with E-state index in [1.807, 2.05) is 0 Å². The van der Waals surface area contributed by atoms with Gasteiger partial charge >= 0.3 is 12.1 Å². The summed E-state index contributed by atoms with van der Waals surface area (Å²) in [5.74, 6) is -2.64. The number of nitrogens with one attached hydrogen (secondary N) is 1. The first-order chi connectivity index (χ1) is 11.1. The average Bonchev–Trinajstić information content (AvgIpc) is 2.46. The standard InChI is InChI=1S/C16H21F2NO5/c1-16(2,3)24-15(21)19-13(14(20)23-5)8-10-11(17)6-9(22-4)7-12(10)18/h6-7,13H,8H2,1-5H3,(H,19,21). The van der Waals surface area contributed by atoms with Crippen LogP contribution >= 0.6 is 0 Å². The zero-order valence-electron chi connectivity index (χ0n) is 14.2. The second-order valence-corrected chi connectivity index (χ2v) is 6.00. The van der Waals surface area contributed by atoms with Crippen molar-refractivity contribution in [3.8, 4) is 5.75 Å². The summed E-state index contributed by atoms with van der Waals surface area (Å²) >= 11 is 0. The summed E-state index contributed by atoms with van der Waals surface area (Å²) in [6.07, 6.45) is -1.33. The molecule has 0 bridgehead atoms. The molecule has 0 fully saturated rings. The lowest BCUT2D eigenvalue weighted by Gasteiger charge is -2.23. The molecule has 1 rings (SSSR count). The number of hydrogen-bond acceptors (Lipinski definition) is 5. The minimum atomic E-state index is -1.30. The van der Waals surface area contributed by atoms with Gasteiger partial charge in [0.2, 0.25) is 0 Å². The number of esters is 1. The Labute approximate surface area is 139 Å². The van der Waals surface area contributed by atoms with E-state index >= 15 is 0 Å². The Morgan fingerprint density at radius 1 is 1.17 bits per heavy atom. The molecule has 1 amide bonds. The molecular formula is C16H21F2NO5. The maximum absolute atomic E-state index is 14.0. The van der Waals surface area contributed by atoms with Crippen LogP contribution in [-0.4, -0.2) is 37.9 Å². The van der Waals surface area contributed by atoms with E-state index in [1.54, 1.807) is 20.8 Å². The van der Waals surface area contributed by atoms with E-state index in [4.69, 9.17) is 9.47 Å². The van der Waals surface area contributed by atoms with Crippen LogP contribution in [0, 0.1) is 11.6 Å². The van der Waals surface area contributed by atoms with Crippen molar-refractivity contribution in [2.24, 2.45) is 0 Å². The van der Waals surface area contributed by atoms with Gasteiger partial charge in [-0.15, -0.1) is 0 Å². The molecule has 1 unspecified atom stereocenters. The lowest BCUT2D eigenvalue weighted by Crippen LogP contribution is -2.45. The smallest absolute Gasteiger partial charge is 0.408 e. The summed E-state index contributed by atoms with van der Waals surface area (Å²) in [5, 5.41) is 2.26. The molecule has 24 heavy (non-hydrogen) atoms. The monoisotopic (exact) mass is 345 g/mol. The summed E-state index contributed by atoms with van der Waals surface area (Å²) in [6, 6.07) is 0.669. The van der Waals surface area contributed by atoms with Crippen molar-refractivity contribution in [2.75, 3.05) is 14.2 Å². The first-order valence-electron chi connectivity index (χ1n) is 7.16. The highest BCUT2D eigenvalue weighted by molar-refractivity contribution is 5.81. The second kappa shape index (κ2) is 7.94. The summed E-state index contributed by atoms with van der Waals surface area (Å²) in [7, 11) is 2.38. The van der Waals surface area contributed by atoms with Crippen molar-refractivity contribution < 1.29 is 32.6 Å². The van der Waals surface area contributed by atoms with Gasteiger partial charge in [-0.3, -0.25) is 0 Å². The predicted molar refractivity (Wildman–Crippen MR) is 81.8 cm³/mol. The van der Waals surface area contributed by atoms with Gasteiger partial charge in [0.05, 0.1) is 14.2 Å². The minimum Gasteiger partial charge on any atom is -0.497 e. The van der Waals surface area contributed by atoms with Gasteiger partial charge < -0.3 is 19.5 Å². The van der Waals surface area contributed by atoms with Crippen LogP contribution in [0.3, 0.4) is 0 Å². The van der Waals surface area contributed by atoms with Crippen LogP contribution in [0.15, 0.2) is 12.1 Å². The third kappa shape index (κ3) is 5.68. The first-order valence-corrected chi connectivity index (χ1v) is 7.16. The van der Waals surface area contributed by atoms with E-state index in [9.17, 15) is 18.4 Å². The third-order valence-electron chi connectivity index (χ3n) is 2.94. The van der Waals surface area contributed by atoms with E-state index in [1.165, 1.54) is 7.11 Å². The van der Waals surface area contributed by atoms with Crippen molar-refractivity contribution in [2.45, 2.75) is 38.8 Å². The average molecular weight is 345 g/mol. The highest BCUT2D eigenvalue weighted by Gasteiger charge is 2.27. The van der Waals surface area contributed by atoms with Crippen LogP contribution in [0.5, 0.6) is 5.75 Å². The number of halogens is 2. The van der Waals surface area contributed by atoms with E-state index in [0.717, 1.165) is 19.2 Å². The van der Waals surface area contributed by atoms with Crippen molar-refractivity contribution >= 4 is 12.1 Å². The van der Waals surface area contributed by atoms with E-state index in [0.29, 0.717) is 0 Å². The maximum atomic E-state index is 14.0. The number of methoxy groups -OCH3 is 2. The number of carbonyl (C=O) groups is 2. The fourth-order valence-corrected chi connectivity index (χ4v) is 1.88. The van der Waals surface area contributed by atoms with Crippen LogP contribution in [0.1, 0.15) is 26.3 Å². The molecule has 0 spiro atoms. The quantitative estimate of drug-likeness (QED) is 0.831. The van der Waals surface area contributed by atoms with Crippen molar-refractivity contribution in [1.82, 2.24) is 5.32 Å². The molecule has 0 saturated carbocycles. The molecule has 1 N–H and O–H groups in total. The number of carbonyl (C=O) groups excluding carboxylic acids is 2. The zero-order chi connectivity index (χ0) is 18.5. The van der Waals surface area contributed by atoms with Crippen molar-refractivity contribution in [3.05, 3.63) is 29.3 Å². The van der Waals surface area contributed by atoms with Crippen LogP contribution in [0.2, 0.25) is 0 Å². The topological polar surface area (TPSA) is 73.9 Å². The Hall–Kier alpha value is -2.38. The molecule has 0 heterocycles. The van der Waals surface area contributed by atoms with Crippen LogP contribution in [0.4, 0.5) is 13.6 Å². The molecule has 0 aliphatic carbocycles. The SMILES string of the molecule is COC(=O)C(Cc1c(F)cc(OC)cc1F)NC(=O)OC(C)(C)C. The number of ether oxygens (including phenoxy) is 3. The Bertz CT molecular complexity index is 590. The minimum absolute atomic E-state index is 0.00321. The zero-order valence-corrected chi connectivity index (χ0v) is 14.2. The van der Waals surface area contributed by atoms with Crippen LogP contribution in [-0.2, 0) is 20.7 Å². The highest BCUT2D eigenvalue weighted by Crippen LogP contribution is 2.22. The van der Waals surface area contributed by atoms with E-state index in [-0.39, 0.29) is 11.3 Å². The van der Waals surface area contributed by atoms with Crippen LogP contribution in [0.25, 0.3) is 0 Å². The van der Waals surface area contributed by atoms with Gasteiger partial charge in [-0.25, -0.2) is 18.4 Å². The van der Waals surface area contributed by atoms with E-state index in [2.05, 4.69) is 10.1 Å². The number of rotatable bonds is 5. The molecular weight excluding hydrogens is 324 g/mol. The number of amides is 1. The maximum Gasteiger partial charge on any atom is 0.408 e. The Balaban J connectivity index is 2.99. The fraction of sp³-hybridized carbons (Fsp3) is 0.500. The predicted octanol–water partition coefficient (Wildman–Crippen LogP) is 2.58. The molecule has 0 aromatic heterocycles. The third-order valence-corrected chi connectivity index (χ3v) is 2.94. The van der Waals surface area contributed by atoms with E-state index < -0.39 is 41.8 Å². The molecule has 0 aliphatic rings. The Kier molecular flexibility index (Phi) is 6.51. The fourth-order valence-electron chi connectivity index (χ4n) is 1.88. The Morgan fingerprint density at radius 2 is 1.71 bits per heavy atom. The summed E-state index contributed by atoms with van der Waals surface area (Å²) in [4.78, 5) is 23.6. The van der Waals surface area contributed by atoms with Crippen LogP contribution < -0.4 is 10.1 Å². The molecule has 0 saturated heterocycles. The lowest BCUT2D eigenvalue weighted by atomic mass is 10.0. The first kappa shape index (κ1) is 19.7. The van der Waals surface area contributed by atoms with Gasteiger partial charge in [0.25, 0.3) is 0 Å². The lowest BCUT2D eigenvalue weighted by molar-refractivity contribution is -0.143. The molecule has 8 heteroatoms. The second-order valence-electron chi connectivity index (χ2n) is 6.00. The van der Waals surface area contributed by atoms with Crippen molar-refractivity contribution in [3.63, 3.8) is 0 Å². The molecule has 0 aliphatic heterocycles. The molecule has 1 aromatic carbocycles. The summed E-state index contributed by atoms with van der Waals surface area (Å²) < 4.78 is 42.4. The number of benzene rings is 1. The normalized spacial score (nSPS) is 12.3. The van der Waals surface area contributed by atoms with Gasteiger partial charge in [-0.05, 0) is 20.8 Å². The summed E-state index contributed by atoms with van der Waals surface area (Å²) in [6.45, 7) is 4.92. The molecule has 1 atom stereocenters. The van der Waals surface area contributed by atoms with Gasteiger partial charge in [-0.2, -0.15) is 0 Å². The molecule has 6 nitrogen and oxygen atoms in total. The van der Waals surface area contributed by atoms with Crippen molar-refractivity contribution in [1.29, 1.82) is 0 Å².